The van der Waals surface area contributed by atoms with Crippen LogP contribution in [-0.4, -0.2) is 22.9 Å². The number of hydrogen-bond donors (Lipinski definition) is 1. The molecule has 27 heavy (non-hydrogen) atoms. The number of nitrogens with zero attached hydrogens (tertiary/aromatic N) is 2. The first kappa shape index (κ1) is 22.9. The van der Waals surface area contributed by atoms with E-state index >= 15 is 0 Å². The molecule has 1 aromatic carbocycles. The Bertz CT molecular complexity index is 1070. The van der Waals surface area contributed by atoms with Gasteiger partial charge < -0.3 is 13.7 Å². The first-order chi connectivity index (χ1) is 12.5. The number of H-pyrrole nitrogens is 1. The van der Waals surface area contributed by atoms with Crippen molar-refractivity contribution in [3.63, 3.8) is 0 Å². The second-order valence-corrected chi connectivity index (χ2v) is 5.84. The average Bonchev–Trinajstić information content (AvgIpc) is 3.04. The summed E-state index contributed by atoms with van der Waals surface area (Å²) in [5, 5.41) is 10.0. The molecule has 9 heteroatoms. The number of benzene rings is 1. The minimum atomic E-state index is -4.86. The minimum absolute atomic E-state index is 0. The third kappa shape index (κ3) is 6.20. The zero-order chi connectivity index (χ0) is 19.2. The number of nitriles is 1. The number of aromatic nitrogens is 2. The Hall–Kier alpha value is -2.15. The number of pyridine rings is 1. The molecule has 3 rings (SSSR count). The Morgan fingerprint density at radius 3 is 2.67 bits per heavy atom. The molecule has 1 N–H and O–H groups in total. The first-order valence-electron chi connectivity index (χ1n) is 7.75. The molecule has 3 aromatic rings. The summed E-state index contributed by atoms with van der Waals surface area (Å²) < 4.78 is 36.6. The minimum Gasteiger partial charge on any atom is -0.716 e. The van der Waals surface area contributed by atoms with Gasteiger partial charge >= 0.3 is 29.6 Å². The molecule has 2 aromatic heterocycles. The molecule has 0 radical (unpaired) electrons. The van der Waals surface area contributed by atoms with E-state index in [4.69, 9.17) is 0 Å². The van der Waals surface area contributed by atoms with Crippen molar-refractivity contribution in [2.24, 2.45) is 0 Å². The summed E-state index contributed by atoms with van der Waals surface area (Å²) in [6.07, 6.45) is 6.53. The Kier molecular flexibility index (Phi) is 8.69. The fourth-order valence-corrected chi connectivity index (χ4v) is 2.63. The number of aromatic amines is 1. The molecule has 0 aliphatic carbocycles. The molecule has 0 saturated carbocycles. The molecule has 2 heterocycles. The molecule has 0 unspecified atom stereocenters. The maximum atomic E-state index is 10.7. The smallest absolute Gasteiger partial charge is 0.716 e. The van der Waals surface area contributed by atoms with E-state index in [1.54, 1.807) is 42.9 Å². The third-order valence-corrected chi connectivity index (χ3v) is 3.65. The average molecular weight is 393 g/mol. The van der Waals surface area contributed by atoms with Crippen LogP contribution < -0.4 is 33.7 Å². The van der Waals surface area contributed by atoms with Gasteiger partial charge in [-0.05, 0) is 35.9 Å². The molecule has 0 saturated heterocycles. The van der Waals surface area contributed by atoms with E-state index in [0.717, 1.165) is 5.56 Å². The van der Waals surface area contributed by atoms with Crippen molar-refractivity contribution in [1.29, 1.82) is 5.26 Å². The number of hydrogen-bond acceptors (Lipinski definition) is 6. The van der Waals surface area contributed by atoms with Gasteiger partial charge in [-0.25, -0.2) is 8.42 Å². The van der Waals surface area contributed by atoms with E-state index in [2.05, 4.69) is 20.2 Å². The largest absolute Gasteiger partial charge is 1.00 e. The van der Waals surface area contributed by atoms with Crippen LogP contribution in [0.5, 0.6) is 5.75 Å². The van der Waals surface area contributed by atoms with E-state index in [1.807, 2.05) is 13.8 Å². The molecule has 134 valence electrons. The van der Waals surface area contributed by atoms with Crippen molar-refractivity contribution in [3.8, 4) is 11.8 Å². The number of allylic oxidation sites excluding steroid dienone is 1. The van der Waals surface area contributed by atoms with Crippen LogP contribution in [0, 0.1) is 11.3 Å². The maximum Gasteiger partial charge on any atom is 1.00 e. The number of nitrogens with one attached hydrogen (secondary N) is 1. The van der Waals surface area contributed by atoms with E-state index in [-0.39, 0.29) is 35.3 Å². The Morgan fingerprint density at radius 2 is 2.07 bits per heavy atom. The number of fused-ring (bicyclic) bond motifs is 1. The predicted molar refractivity (Wildman–Crippen MR) is 97.7 cm³/mol. The van der Waals surface area contributed by atoms with Gasteiger partial charge in [0.25, 0.3) is 10.4 Å². The van der Waals surface area contributed by atoms with Gasteiger partial charge in [-0.3, -0.25) is 4.98 Å². The van der Waals surface area contributed by atoms with Gasteiger partial charge in [0.05, 0.1) is 11.6 Å². The summed E-state index contributed by atoms with van der Waals surface area (Å²) in [6.45, 7) is 4.00. The van der Waals surface area contributed by atoms with Crippen LogP contribution in [0.1, 0.15) is 25.0 Å². The van der Waals surface area contributed by atoms with Crippen LogP contribution in [0.3, 0.4) is 0 Å². The second kappa shape index (κ2) is 10.3. The Balaban J connectivity index is 0.00000118. The molecule has 0 atom stereocenters. The van der Waals surface area contributed by atoms with Crippen molar-refractivity contribution in [1.82, 2.24) is 9.97 Å². The van der Waals surface area contributed by atoms with Gasteiger partial charge in [0.2, 0.25) is 0 Å². The normalized spacial score (nSPS) is 11.0. The van der Waals surface area contributed by atoms with Crippen LogP contribution in [0.4, 0.5) is 0 Å². The van der Waals surface area contributed by atoms with Crippen molar-refractivity contribution < 1.29 is 46.7 Å². The Labute approximate surface area is 179 Å². The van der Waals surface area contributed by atoms with E-state index in [9.17, 15) is 18.2 Å². The number of rotatable bonds is 4. The standard InChI is InChI=1S/C16H11N3O4S.C2H6.Na/c17-8-12(6-11-2-1-5-18-9-11)15-10-19-16-4-3-13(7-14(15)16)23-24(20,21)22;1-2;/h1-7,9-10,19H,(H,20,21,22);1-2H3;/q;;+1/p-1/b12-6+;;. The zero-order valence-corrected chi connectivity index (χ0v) is 17.9. The van der Waals surface area contributed by atoms with E-state index in [1.165, 1.54) is 12.1 Å². The first-order valence-corrected chi connectivity index (χ1v) is 9.08. The monoisotopic (exact) mass is 393 g/mol. The molecule has 0 amide bonds. The van der Waals surface area contributed by atoms with Gasteiger partial charge in [-0.2, -0.15) is 5.26 Å². The zero-order valence-electron chi connectivity index (χ0n) is 15.1. The van der Waals surface area contributed by atoms with Gasteiger partial charge in [0, 0.05) is 35.1 Å². The summed E-state index contributed by atoms with van der Waals surface area (Å²) >= 11 is 0. The van der Waals surface area contributed by atoms with Crippen LogP contribution in [-0.2, 0) is 10.4 Å². The summed E-state index contributed by atoms with van der Waals surface area (Å²) in [7, 11) is -4.86. The van der Waals surface area contributed by atoms with Gasteiger partial charge in [0.1, 0.15) is 5.75 Å². The SMILES string of the molecule is CC.N#C/C(=C\c1cccnc1)c1c[nH]c2ccc(OS(=O)(=O)[O-])cc12.[Na+]. The fraction of sp³-hybridized carbons (Fsp3) is 0.111. The van der Waals surface area contributed by atoms with Gasteiger partial charge in [-0.1, -0.05) is 19.9 Å². The van der Waals surface area contributed by atoms with Crippen molar-refractivity contribution >= 4 is 33.0 Å². The van der Waals surface area contributed by atoms with E-state index < -0.39 is 10.4 Å². The molecule has 0 aliphatic rings. The summed E-state index contributed by atoms with van der Waals surface area (Å²) in [6, 6.07) is 9.98. The summed E-state index contributed by atoms with van der Waals surface area (Å²) in [4.78, 5) is 6.97. The fourth-order valence-electron chi connectivity index (χ4n) is 2.29. The quantitative estimate of drug-likeness (QED) is 0.298. The van der Waals surface area contributed by atoms with Crippen molar-refractivity contribution in [2.75, 3.05) is 0 Å². The predicted octanol–water partition coefficient (Wildman–Crippen LogP) is 0.496. The maximum absolute atomic E-state index is 10.7. The van der Waals surface area contributed by atoms with Crippen molar-refractivity contribution in [2.45, 2.75) is 13.8 Å². The van der Waals surface area contributed by atoms with Gasteiger partial charge in [-0.15, -0.1) is 0 Å². The molecular formula is C18H16N3NaO4S. The molecule has 0 spiro atoms. The second-order valence-electron chi connectivity index (χ2n) is 4.86. The third-order valence-electron chi connectivity index (χ3n) is 3.26. The van der Waals surface area contributed by atoms with E-state index in [0.29, 0.717) is 22.0 Å². The van der Waals surface area contributed by atoms with Crippen LogP contribution in [0.2, 0.25) is 0 Å². The van der Waals surface area contributed by atoms with Gasteiger partial charge in [0.15, 0.2) is 0 Å². The van der Waals surface area contributed by atoms with Crippen LogP contribution in [0.15, 0.2) is 48.9 Å². The molecule has 0 fully saturated rings. The Morgan fingerprint density at radius 1 is 1.33 bits per heavy atom. The molecule has 0 bridgehead atoms. The topological polar surface area (TPSA) is 119 Å². The molecule has 7 nitrogen and oxygen atoms in total. The van der Waals surface area contributed by atoms with Crippen LogP contribution in [0.25, 0.3) is 22.6 Å². The molecular weight excluding hydrogens is 377 g/mol. The summed E-state index contributed by atoms with van der Waals surface area (Å²) in [5.41, 5.74) is 2.34. The summed E-state index contributed by atoms with van der Waals surface area (Å²) in [5.74, 6) is -0.114. The molecule has 0 aliphatic heterocycles. The van der Waals surface area contributed by atoms with Crippen molar-refractivity contribution in [3.05, 3.63) is 60.0 Å². The van der Waals surface area contributed by atoms with Crippen LogP contribution >= 0.6 is 0 Å².